The number of aromatic carboxylic acids is 1. The van der Waals surface area contributed by atoms with Crippen molar-refractivity contribution in [1.29, 1.82) is 0 Å². The lowest BCUT2D eigenvalue weighted by Gasteiger charge is -2.02. The molecule has 0 saturated carbocycles. The van der Waals surface area contributed by atoms with Crippen LogP contribution in [-0.2, 0) is 0 Å². The topological polar surface area (TPSA) is 80.9 Å². The van der Waals surface area contributed by atoms with Crippen LogP contribution in [0.4, 0.5) is 0 Å². The first-order chi connectivity index (χ1) is 7.58. The lowest BCUT2D eigenvalue weighted by molar-refractivity contribution is 0.0695. The summed E-state index contributed by atoms with van der Waals surface area (Å²) >= 11 is 2.12. The Balaban J connectivity index is 2.45. The number of carboxylic acid groups (broad SMARTS) is 1. The first kappa shape index (κ1) is 11.0. The van der Waals surface area contributed by atoms with Gasteiger partial charge in [0.1, 0.15) is 0 Å². The Morgan fingerprint density at radius 2 is 2.25 bits per heavy atom. The molecule has 0 bridgehead atoms. The third kappa shape index (κ3) is 2.03. The number of rotatable bonds is 2. The van der Waals surface area contributed by atoms with Crippen LogP contribution in [-0.4, -0.2) is 30.8 Å². The number of hydrogen-bond acceptors (Lipinski definition) is 4. The van der Waals surface area contributed by atoms with E-state index in [-0.39, 0.29) is 5.56 Å². The molecule has 2 aromatic rings. The van der Waals surface area contributed by atoms with Crippen LogP contribution in [0.1, 0.15) is 16.1 Å². The van der Waals surface area contributed by atoms with Gasteiger partial charge in [0.05, 0.1) is 21.0 Å². The number of carbonyl (C=O) groups is 1. The molecule has 7 heteroatoms. The van der Waals surface area contributed by atoms with Crippen molar-refractivity contribution in [2.75, 3.05) is 0 Å². The highest BCUT2D eigenvalue weighted by atomic mass is 127. The molecule has 0 amide bonds. The summed E-state index contributed by atoms with van der Waals surface area (Å²) in [6, 6.07) is 0. The maximum Gasteiger partial charge on any atom is 0.339 e. The standard InChI is InChI=1S/C9H7IN4O2/c1-5-7(8(15)16)3-11-9(13-5)14-4-6(10)2-12-14/h2-4H,1H3,(H,15,16). The molecule has 0 aromatic carbocycles. The molecule has 0 saturated heterocycles. The summed E-state index contributed by atoms with van der Waals surface area (Å²) in [7, 11) is 0. The Labute approximate surface area is 104 Å². The van der Waals surface area contributed by atoms with Crippen molar-refractivity contribution in [3.8, 4) is 5.95 Å². The van der Waals surface area contributed by atoms with E-state index in [0.717, 1.165) is 3.57 Å². The van der Waals surface area contributed by atoms with Crippen LogP contribution < -0.4 is 0 Å². The average Bonchev–Trinajstić information content (AvgIpc) is 2.64. The normalized spacial score (nSPS) is 10.4. The van der Waals surface area contributed by atoms with Crippen LogP contribution in [0, 0.1) is 10.5 Å². The second-order valence-corrected chi connectivity index (χ2v) is 4.32. The molecule has 2 heterocycles. The Bertz CT molecular complexity index is 552. The van der Waals surface area contributed by atoms with E-state index >= 15 is 0 Å². The van der Waals surface area contributed by atoms with Crippen LogP contribution >= 0.6 is 22.6 Å². The largest absolute Gasteiger partial charge is 0.478 e. The SMILES string of the molecule is Cc1nc(-n2cc(I)cn2)ncc1C(=O)O. The number of aromatic nitrogens is 4. The lowest BCUT2D eigenvalue weighted by Crippen LogP contribution is -2.08. The summed E-state index contributed by atoms with van der Waals surface area (Å²) in [5.74, 6) is -0.662. The first-order valence-corrected chi connectivity index (χ1v) is 5.43. The van der Waals surface area contributed by atoms with Gasteiger partial charge in [-0.3, -0.25) is 0 Å². The molecule has 0 spiro atoms. The number of aryl methyl sites for hydroxylation is 1. The predicted octanol–water partition coefficient (Wildman–Crippen LogP) is 1.27. The van der Waals surface area contributed by atoms with Crippen LogP contribution in [0.15, 0.2) is 18.6 Å². The summed E-state index contributed by atoms with van der Waals surface area (Å²) in [4.78, 5) is 18.8. The van der Waals surface area contributed by atoms with Crippen molar-refractivity contribution in [3.63, 3.8) is 0 Å². The van der Waals surface area contributed by atoms with Gasteiger partial charge in [0.25, 0.3) is 5.95 Å². The van der Waals surface area contributed by atoms with Gasteiger partial charge in [0, 0.05) is 12.4 Å². The van der Waals surface area contributed by atoms with Gasteiger partial charge in [-0.2, -0.15) is 5.10 Å². The molecule has 82 valence electrons. The van der Waals surface area contributed by atoms with Crippen molar-refractivity contribution in [1.82, 2.24) is 19.7 Å². The minimum atomic E-state index is -1.03. The monoisotopic (exact) mass is 330 g/mol. The molecule has 16 heavy (non-hydrogen) atoms. The van der Waals surface area contributed by atoms with E-state index in [1.807, 2.05) is 0 Å². The van der Waals surface area contributed by atoms with Crippen LogP contribution in [0.3, 0.4) is 0 Å². The van der Waals surface area contributed by atoms with Gasteiger partial charge in [0.15, 0.2) is 0 Å². The fourth-order valence-electron chi connectivity index (χ4n) is 1.19. The van der Waals surface area contributed by atoms with E-state index in [4.69, 9.17) is 5.11 Å². The quantitative estimate of drug-likeness (QED) is 0.839. The van der Waals surface area contributed by atoms with E-state index in [9.17, 15) is 4.79 Å². The Hall–Kier alpha value is -1.51. The molecule has 0 unspecified atom stereocenters. The minimum Gasteiger partial charge on any atom is -0.478 e. The molecule has 0 aliphatic carbocycles. The van der Waals surface area contributed by atoms with Crippen molar-refractivity contribution < 1.29 is 9.90 Å². The zero-order chi connectivity index (χ0) is 11.7. The highest BCUT2D eigenvalue weighted by molar-refractivity contribution is 14.1. The molecule has 6 nitrogen and oxygen atoms in total. The van der Waals surface area contributed by atoms with E-state index in [1.165, 1.54) is 10.9 Å². The Kier molecular flexibility index (Phi) is 2.86. The maximum atomic E-state index is 10.8. The van der Waals surface area contributed by atoms with Gasteiger partial charge in [-0.25, -0.2) is 19.4 Å². The minimum absolute atomic E-state index is 0.102. The van der Waals surface area contributed by atoms with Gasteiger partial charge < -0.3 is 5.11 Å². The molecule has 2 rings (SSSR count). The molecule has 0 fully saturated rings. The Morgan fingerprint density at radius 3 is 2.75 bits per heavy atom. The van der Waals surface area contributed by atoms with E-state index < -0.39 is 5.97 Å². The zero-order valence-corrected chi connectivity index (χ0v) is 10.4. The van der Waals surface area contributed by atoms with Crippen LogP contribution in [0.2, 0.25) is 0 Å². The summed E-state index contributed by atoms with van der Waals surface area (Å²) < 4.78 is 2.46. The first-order valence-electron chi connectivity index (χ1n) is 4.35. The molecule has 2 aromatic heterocycles. The summed E-state index contributed by atoms with van der Waals surface area (Å²) in [6.07, 6.45) is 4.72. The number of carboxylic acids is 1. The molecule has 0 aliphatic heterocycles. The zero-order valence-electron chi connectivity index (χ0n) is 8.25. The van der Waals surface area contributed by atoms with Gasteiger partial charge in [-0.05, 0) is 29.5 Å². The highest BCUT2D eigenvalue weighted by Gasteiger charge is 2.11. The second-order valence-electron chi connectivity index (χ2n) is 3.08. The number of nitrogens with zero attached hydrogens (tertiary/aromatic N) is 4. The summed E-state index contributed by atoms with van der Waals surface area (Å²) in [6.45, 7) is 1.63. The molecule has 0 atom stereocenters. The van der Waals surface area contributed by atoms with Crippen LogP contribution in [0.5, 0.6) is 0 Å². The molecule has 0 aliphatic rings. The summed E-state index contributed by atoms with van der Waals surface area (Å²) in [5.41, 5.74) is 0.522. The third-order valence-corrected chi connectivity index (χ3v) is 2.51. The Morgan fingerprint density at radius 1 is 1.50 bits per heavy atom. The van der Waals surface area contributed by atoms with Crippen molar-refractivity contribution in [2.45, 2.75) is 6.92 Å². The molecular formula is C9H7IN4O2. The molecule has 0 radical (unpaired) electrons. The van der Waals surface area contributed by atoms with Gasteiger partial charge in [-0.15, -0.1) is 0 Å². The van der Waals surface area contributed by atoms with Gasteiger partial charge in [-0.1, -0.05) is 0 Å². The highest BCUT2D eigenvalue weighted by Crippen LogP contribution is 2.08. The lowest BCUT2D eigenvalue weighted by atomic mass is 10.2. The fourth-order valence-corrected chi connectivity index (χ4v) is 1.57. The summed E-state index contributed by atoms with van der Waals surface area (Å²) in [5, 5.41) is 12.9. The van der Waals surface area contributed by atoms with Crippen molar-refractivity contribution >= 4 is 28.6 Å². The second kappa shape index (κ2) is 4.16. The fraction of sp³-hybridized carbons (Fsp3) is 0.111. The van der Waals surface area contributed by atoms with E-state index in [1.54, 1.807) is 19.3 Å². The smallest absolute Gasteiger partial charge is 0.339 e. The van der Waals surface area contributed by atoms with Gasteiger partial charge >= 0.3 is 5.97 Å². The molecular weight excluding hydrogens is 323 g/mol. The van der Waals surface area contributed by atoms with Crippen molar-refractivity contribution in [2.24, 2.45) is 0 Å². The van der Waals surface area contributed by atoms with Gasteiger partial charge in [0.2, 0.25) is 0 Å². The third-order valence-electron chi connectivity index (χ3n) is 1.95. The maximum absolute atomic E-state index is 10.8. The van der Waals surface area contributed by atoms with E-state index in [2.05, 4.69) is 37.7 Å². The number of hydrogen-bond donors (Lipinski definition) is 1. The predicted molar refractivity (Wildman–Crippen MR) is 63.6 cm³/mol. The van der Waals surface area contributed by atoms with Crippen LogP contribution in [0.25, 0.3) is 5.95 Å². The van der Waals surface area contributed by atoms with E-state index in [0.29, 0.717) is 11.6 Å². The van der Waals surface area contributed by atoms with Crippen molar-refractivity contribution in [3.05, 3.63) is 33.4 Å². The molecule has 1 N–H and O–H groups in total. The average molecular weight is 330 g/mol. The number of halogens is 1.